The molecule has 1 N–H and O–H groups in total. The van der Waals surface area contributed by atoms with Crippen LogP contribution in [0.5, 0.6) is 5.88 Å². The number of anilines is 1. The van der Waals surface area contributed by atoms with Crippen molar-refractivity contribution in [1.82, 2.24) is 9.97 Å². The van der Waals surface area contributed by atoms with Crippen molar-refractivity contribution in [3.05, 3.63) is 11.9 Å². The van der Waals surface area contributed by atoms with E-state index in [9.17, 15) is 0 Å². The Kier molecular flexibility index (Phi) is 4.14. The summed E-state index contributed by atoms with van der Waals surface area (Å²) >= 11 is 0. The predicted octanol–water partition coefficient (Wildman–Crippen LogP) is 1.99. The van der Waals surface area contributed by atoms with E-state index in [1.807, 2.05) is 20.0 Å². The van der Waals surface area contributed by atoms with Gasteiger partial charge < -0.3 is 14.8 Å². The molecule has 2 rings (SSSR count). The van der Waals surface area contributed by atoms with Crippen LogP contribution >= 0.6 is 0 Å². The summed E-state index contributed by atoms with van der Waals surface area (Å²) in [5, 5.41) is 3.01. The van der Waals surface area contributed by atoms with Crippen LogP contribution in [0, 0.1) is 0 Å². The summed E-state index contributed by atoms with van der Waals surface area (Å²) in [4.78, 5) is 8.66. The Hall–Kier alpha value is -1.36. The van der Waals surface area contributed by atoms with E-state index in [1.165, 1.54) is 6.42 Å². The smallest absolute Gasteiger partial charge is 0.219 e. The van der Waals surface area contributed by atoms with Crippen LogP contribution in [0.4, 0.5) is 5.82 Å². The fraction of sp³-hybridized carbons (Fsp3) is 0.667. The highest BCUT2D eigenvalue weighted by Crippen LogP contribution is 2.25. The van der Waals surface area contributed by atoms with Gasteiger partial charge in [0.15, 0.2) is 5.82 Å². The zero-order chi connectivity index (χ0) is 12.1. The number of nitrogens with zero attached hydrogens (tertiary/aromatic N) is 2. The predicted molar refractivity (Wildman–Crippen MR) is 65.2 cm³/mol. The molecule has 94 valence electrons. The van der Waals surface area contributed by atoms with Crippen molar-refractivity contribution >= 4 is 5.82 Å². The second kappa shape index (κ2) is 5.82. The summed E-state index contributed by atoms with van der Waals surface area (Å²) in [6.45, 7) is 3.03. The van der Waals surface area contributed by atoms with Crippen LogP contribution in [0.15, 0.2) is 6.07 Å². The average Bonchev–Trinajstić information content (AvgIpc) is 2.31. The van der Waals surface area contributed by atoms with E-state index < -0.39 is 0 Å². The molecular weight excluding hydrogens is 218 g/mol. The van der Waals surface area contributed by atoms with Gasteiger partial charge in [0.1, 0.15) is 18.5 Å². The van der Waals surface area contributed by atoms with Gasteiger partial charge in [-0.3, -0.25) is 0 Å². The Labute approximate surface area is 102 Å². The van der Waals surface area contributed by atoms with E-state index in [0.717, 1.165) is 18.7 Å². The average molecular weight is 237 g/mol. The molecule has 0 spiro atoms. The molecule has 0 amide bonds. The second-order valence-corrected chi connectivity index (χ2v) is 4.07. The standard InChI is InChI=1S/C12H19N3O2/c1-3-16-8-11-14-10(13-2)7-12(15-11)17-9-5-4-6-9/h7,9H,3-6,8H2,1-2H3,(H,13,14,15). The molecule has 0 bridgehead atoms. The summed E-state index contributed by atoms with van der Waals surface area (Å²) in [5.74, 6) is 2.07. The zero-order valence-corrected chi connectivity index (χ0v) is 10.4. The summed E-state index contributed by atoms with van der Waals surface area (Å²) < 4.78 is 11.1. The molecule has 0 radical (unpaired) electrons. The van der Waals surface area contributed by atoms with Crippen molar-refractivity contribution < 1.29 is 9.47 Å². The highest BCUT2D eigenvalue weighted by molar-refractivity contribution is 5.37. The minimum atomic E-state index is 0.328. The van der Waals surface area contributed by atoms with Crippen LogP contribution < -0.4 is 10.1 Å². The molecule has 0 aliphatic heterocycles. The van der Waals surface area contributed by atoms with E-state index in [1.54, 1.807) is 0 Å². The lowest BCUT2D eigenvalue weighted by Gasteiger charge is -2.25. The summed E-state index contributed by atoms with van der Waals surface area (Å²) in [6.07, 6.45) is 3.83. The van der Waals surface area contributed by atoms with Crippen molar-refractivity contribution in [3.8, 4) is 5.88 Å². The van der Waals surface area contributed by atoms with E-state index in [4.69, 9.17) is 9.47 Å². The SMILES string of the molecule is CCOCc1nc(NC)cc(OC2CCC2)n1. The maximum absolute atomic E-state index is 5.77. The second-order valence-electron chi connectivity index (χ2n) is 4.07. The minimum absolute atomic E-state index is 0.328. The first-order valence-electron chi connectivity index (χ1n) is 6.12. The molecule has 1 fully saturated rings. The van der Waals surface area contributed by atoms with Crippen LogP contribution in [0.25, 0.3) is 0 Å². The fourth-order valence-corrected chi connectivity index (χ4v) is 1.58. The number of ether oxygens (including phenoxy) is 2. The Bertz CT molecular complexity index is 367. The van der Waals surface area contributed by atoms with E-state index >= 15 is 0 Å². The molecule has 1 aromatic rings. The quantitative estimate of drug-likeness (QED) is 0.820. The topological polar surface area (TPSA) is 56.3 Å². The molecule has 0 unspecified atom stereocenters. The van der Waals surface area contributed by atoms with Gasteiger partial charge in [-0.25, -0.2) is 4.98 Å². The van der Waals surface area contributed by atoms with Crippen LogP contribution in [-0.2, 0) is 11.3 Å². The molecule has 5 nitrogen and oxygen atoms in total. The van der Waals surface area contributed by atoms with Gasteiger partial charge in [0, 0.05) is 19.7 Å². The van der Waals surface area contributed by atoms with E-state index in [2.05, 4.69) is 15.3 Å². The van der Waals surface area contributed by atoms with Crippen LogP contribution in [-0.4, -0.2) is 29.7 Å². The number of aromatic nitrogens is 2. The molecule has 1 aliphatic carbocycles. The molecule has 1 aromatic heterocycles. The highest BCUT2D eigenvalue weighted by atomic mass is 16.5. The summed E-state index contributed by atoms with van der Waals surface area (Å²) in [6, 6.07) is 1.83. The molecule has 0 atom stereocenters. The van der Waals surface area contributed by atoms with Gasteiger partial charge in [0.05, 0.1) is 0 Å². The van der Waals surface area contributed by atoms with Crippen molar-refractivity contribution in [1.29, 1.82) is 0 Å². The molecule has 5 heteroatoms. The van der Waals surface area contributed by atoms with Crippen molar-refractivity contribution in [3.63, 3.8) is 0 Å². The molecule has 1 heterocycles. The van der Waals surface area contributed by atoms with Crippen LogP contribution in [0.1, 0.15) is 32.0 Å². The fourth-order valence-electron chi connectivity index (χ4n) is 1.58. The largest absolute Gasteiger partial charge is 0.474 e. The normalized spacial score (nSPS) is 15.4. The third-order valence-corrected chi connectivity index (χ3v) is 2.78. The molecule has 17 heavy (non-hydrogen) atoms. The molecule has 1 aliphatic rings. The first-order chi connectivity index (χ1) is 8.31. The van der Waals surface area contributed by atoms with Gasteiger partial charge in [-0.2, -0.15) is 4.98 Å². The van der Waals surface area contributed by atoms with Gasteiger partial charge in [-0.15, -0.1) is 0 Å². The van der Waals surface area contributed by atoms with Gasteiger partial charge in [0.2, 0.25) is 5.88 Å². The number of hydrogen-bond donors (Lipinski definition) is 1. The Morgan fingerprint density at radius 3 is 2.82 bits per heavy atom. The highest BCUT2D eigenvalue weighted by Gasteiger charge is 2.20. The van der Waals surface area contributed by atoms with Crippen molar-refractivity contribution in [2.45, 2.75) is 38.9 Å². The number of rotatable bonds is 6. The van der Waals surface area contributed by atoms with Crippen LogP contribution in [0.2, 0.25) is 0 Å². The number of nitrogens with one attached hydrogen (secondary N) is 1. The van der Waals surface area contributed by atoms with Gasteiger partial charge >= 0.3 is 0 Å². The van der Waals surface area contributed by atoms with E-state index in [0.29, 0.717) is 31.0 Å². The third kappa shape index (κ3) is 3.30. The maximum atomic E-state index is 5.77. The van der Waals surface area contributed by atoms with E-state index in [-0.39, 0.29) is 0 Å². The summed E-state index contributed by atoms with van der Waals surface area (Å²) in [5.41, 5.74) is 0. The Morgan fingerprint density at radius 1 is 1.41 bits per heavy atom. The van der Waals surface area contributed by atoms with Gasteiger partial charge in [-0.05, 0) is 26.2 Å². The van der Waals surface area contributed by atoms with Crippen molar-refractivity contribution in [2.24, 2.45) is 0 Å². The Morgan fingerprint density at radius 2 is 2.24 bits per heavy atom. The molecule has 0 saturated heterocycles. The Balaban J connectivity index is 2.06. The number of hydrogen-bond acceptors (Lipinski definition) is 5. The lowest BCUT2D eigenvalue weighted by atomic mass is 9.96. The molecule has 0 aromatic carbocycles. The summed E-state index contributed by atoms with van der Waals surface area (Å²) in [7, 11) is 1.83. The van der Waals surface area contributed by atoms with Gasteiger partial charge in [-0.1, -0.05) is 0 Å². The third-order valence-electron chi connectivity index (χ3n) is 2.78. The maximum Gasteiger partial charge on any atom is 0.219 e. The zero-order valence-electron chi connectivity index (χ0n) is 10.4. The monoisotopic (exact) mass is 237 g/mol. The lowest BCUT2D eigenvalue weighted by molar-refractivity contribution is 0.109. The molecule has 1 saturated carbocycles. The lowest BCUT2D eigenvalue weighted by Crippen LogP contribution is -2.25. The molecular formula is C12H19N3O2. The first-order valence-corrected chi connectivity index (χ1v) is 6.12. The first kappa shape index (κ1) is 12.1. The van der Waals surface area contributed by atoms with Gasteiger partial charge in [0.25, 0.3) is 0 Å². The van der Waals surface area contributed by atoms with Crippen molar-refractivity contribution in [2.75, 3.05) is 19.0 Å². The minimum Gasteiger partial charge on any atom is -0.474 e. The van der Waals surface area contributed by atoms with Crippen LogP contribution in [0.3, 0.4) is 0 Å².